The Morgan fingerprint density at radius 2 is 2.21 bits per heavy atom. The maximum absolute atomic E-state index is 13.4. The first-order chi connectivity index (χ1) is 9.06. The van der Waals surface area contributed by atoms with Gasteiger partial charge >= 0.3 is 6.03 Å². The van der Waals surface area contributed by atoms with Crippen molar-refractivity contribution in [1.82, 2.24) is 4.90 Å². The molecule has 1 N–H and O–H groups in total. The Morgan fingerprint density at radius 1 is 1.47 bits per heavy atom. The van der Waals surface area contributed by atoms with Crippen molar-refractivity contribution in [3.8, 4) is 0 Å². The van der Waals surface area contributed by atoms with Crippen LogP contribution in [0.5, 0.6) is 0 Å². The molecule has 0 atom stereocenters. The van der Waals surface area contributed by atoms with Gasteiger partial charge in [0, 0.05) is 13.6 Å². The lowest BCUT2D eigenvalue weighted by atomic mass is 10.3. The molecule has 0 aliphatic carbocycles. The Hall–Kier alpha value is -1.40. The zero-order chi connectivity index (χ0) is 13.8. The minimum absolute atomic E-state index is 0.186. The number of thiophene rings is 1. The lowest BCUT2D eigenvalue weighted by Gasteiger charge is -2.17. The first-order valence-corrected chi connectivity index (χ1v) is 7.23. The highest BCUT2D eigenvalue weighted by molar-refractivity contribution is 9.11. The number of benzene rings is 1. The van der Waals surface area contributed by atoms with Crippen LogP contribution in [0.4, 0.5) is 14.9 Å². The standard InChI is InChI=1S/C13H12BrFN2OS/c1-17(7-9-6-12(14)19-8-9)13(18)16-11-5-3-2-4-10(11)15/h2-6,8H,7H2,1H3,(H,16,18). The van der Waals surface area contributed by atoms with Crippen molar-refractivity contribution >= 4 is 39.0 Å². The molecule has 0 spiro atoms. The van der Waals surface area contributed by atoms with Gasteiger partial charge in [0.2, 0.25) is 0 Å². The number of urea groups is 1. The van der Waals surface area contributed by atoms with E-state index in [1.165, 1.54) is 17.0 Å². The summed E-state index contributed by atoms with van der Waals surface area (Å²) in [6.07, 6.45) is 0. The second-order valence-corrected chi connectivity index (χ2v) is 6.32. The predicted octanol–water partition coefficient (Wildman–Crippen LogP) is 4.31. The third kappa shape index (κ3) is 3.78. The van der Waals surface area contributed by atoms with Gasteiger partial charge in [0.1, 0.15) is 5.82 Å². The fourth-order valence-corrected chi connectivity index (χ4v) is 2.75. The van der Waals surface area contributed by atoms with Crippen molar-refractivity contribution in [2.24, 2.45) is 0 Å². The van der Waals surface area contributed by atoms with Gasteiger partial charge in [0.25, 0.3) is 0 Å². The highest BCUT2D eigenvalue weighted by atomic mass is 79.9. The summed E-state index contributed by atoms with van der Waals surface area (Å²) in [7, 11) is 1.67. The molecule has 0 aliphatic rings. The van der Waals surface area contributed by atoms with E-state index in [-0.39, 0.29) is 11.7 Å². The number of nitrogens with zero attached hydrogens (tertiary/aromatic N) is 1. The normalized spacial score (nSPS) is 10.3. The summed E-state index contributed by atoms with van der Waals surface area (Å²) in [6.45, 7) is 0.475. The van der Waals surface area contributed by atoms with Crippen LogP contribution in [0.1, 0.15) is 5.56 Å². The lowest BCUT2D eigenvalue weighted by molar-refractivity contribution is 0.220. The molecule has 0 aliphatic heterocycles. The lowest BCUT2D eigenvalue weighted by Crippen LogP contribution is -2.30. The van der Waals surface area contributed by atoms with Gasteiger partial charge in [0.05, 0.1) is 9.47 Å². The summed E-state index contributed by atoms with van der Waals surface area (Å²) < 4.78 is 14.4. The van der Waals surface area contributed by atoms with Gasteiger partial charge in [-0.2, -0.15) is 0 Å². The Bertz CT molecular complexity index is 588. The number of carbonyl (C=O) groups is 1. The van der Waals surface area contributed by atoms with Crippen LogP contribution >= 0.6 is 27.3 Å². The molecule has 0 saturated carbocycles. The van der Waals surface area contributed by atoms with Crippen LogP contribution in [0.15, 0.2) is 39.5 Å². The predicted molar refractivity (Wildman–Crippen MR) is 78.9 cm³/mol. The number of rotatable bonds is 3. The van der Waals surface area contributed by atoms with E-state index in [1.54, 1.807) is 30.5 Å². The van der Waals surface area contributed by atoms with Crippen LogP contribution in [-0.2, 0) is 6.54 Å². The molecule has 1 heterocycles. The second kappa shape index (κ2) is 6.16. The fourth-order valence-electron chi connectivity index (χ4n) is 1.55. The van der Waals surface area contributed by atoms with Crippen LogP contribution in [-0.4, -0.2) is 18.0 Å². The summed E-state index contributed by atoms with van der Waals surface area (Å²) >= 11 is 4.94. The molecule has 2 rings (SSSR count). The highest BCUT2D eigenvalue weighted by Gasteiger charge is 2.12. The van der Waals surface area contributed by atoms with E-state index in [2.05, 4.69) is 21.2 Å². The maximum atomic E-state index is 13.4. The van der Waals surface area contributed by atoms with Crippen LogP contribution in [0, 0.1) is 5.82 Å². The average Bonchev–Trinajstić information content (AvgIpc) is 2.77. The molecule has 0 unspecified atom stereocenters. The molecule has 0 fully saturated rings. The number of para-hydroxylation sites is 1. The molecule has 0 radical (unpaired) electrons. The Balaban J connectivity index is 1.98. The van der Waals surface area contributed by atoms with E-state index in [1.807, 2.05) is 11.4 Å². The number of hydrogen-bond acceptors (Lipinski definition) is 2. The van der Waals surface area contributed by atoms with Crippen molar-refractivity contribution in [3.05, 3.63) is 50.9 Å². The maximum Gasteiger partial charge on any atom is 0.321 e. The molecule has 6 heteroatoms. The number of amides is 2. The quantitative estimate of drug-likeness (QED) is 0.885. The van der Waals surface area contributed by atoms with Crippen molar-refractivity contribution in [2.75, 3.05) is 12.4 Å². The summed E-state index contributed by atoms with van der Waals surface area (Å²) in [5.41, 5.74) is 1.22. The Kier molecular flexibility index (Phi) is 4.55. The van der Waals surface area contributed by atoms with Gasteiger partial charge < -0.3 is 10.2 Å². The summed E-state index contributed by atoms with van der Waals surface area (Å²) in [4.78, 5) is 13.4. The average molecular weight is 343 g/mol. The zero-order valence-corrected chi connectivity index (χ0v) is 12.6. The van der Waals surface area contributed by atoms with Crippen molar-refractivity contribution < 1.29 is 9.18 Å². The number of nitrogens with one attached hydrogen (secondary N) is 1. The molecule has 3 nitrogen and oxygen atoms in total. The van der Waals surface area contributed by atoms with E-state index >= 15 is 0 Å². The minimum atomic E-state index is -0.442. The van der Waals surface area contributed by atoms with Crippen molar-refractivity contribution in [2.45, 2.75) is 6.54 Å². The number of hydrogen-bond donors (Lipinski definition) is 1. The molecule has 19 heavy (non-hydrogen) atoms. The molecular weight excluding hydrogens is 331 g/mol. The third-order valence-electron chi connectivity index (χ3n) is 2.50. The molecule has 0 saturated heterocycles. The second-order valence-electron chi connectivity index (χ2n) is 4.03. The Morgan fingerprint density at radius 3 is 2.84 bits per heavy atom. The van der Waals surface area contributed by atoms with E-state index in [0.29, 0.717) is 6.54 Å². The summed E-state index contributed by atoms with van der Waals surface area (Å²) in [5, 5.41) is 4.51. The van der Waals surface area contributed by atoms with Crippen LogP contribution in [0.25, 0.3) is 0 Å². The number of carbonyl (C=O) groups excluding carboxylic acids is 1. The molecular formula is C13H12BrFN2OS. The zero-order valence-electron chi connectivity index (χ0n) is 10.2. The van der Waals surface area contributed by atoms with Gasteiger partial charge in [-0.1, -0.05) is 12.1 Å². The first-order valence-electron chi connectivity index (χ1n) is 5.56. The third-order valence-corrected chi connectivity index (χ3v) is 4.06. The summed E-state index contributed by atoms with van der Waals surface area (Å²) in [5.74, 6) is -0.442. The van der Waals surface area contributed by atoms with E-state index in [0.717, 1.165) is 9.35 Å². The summed E-state index contributed by atoms with van der Waals surface area (Å²) in [6, 6.07) is 7.71. The monoisotopic (exact) mass is 342 g/mol. The fraction of sp³-hybridized carbons (Fsp3) is 0.154. The SMILES string of the molecule is CN(Cc1csc(Br)c1)C(=O)Nc1ccccc1F. The topological polar surface area (TPSA) is 32.3 Å². The largest absolute Gasteiger partial charge is 0.323 e. The number of anilines is 1. The van der Waals surface area contributed by atoms with Crippen LogP contribution in [0.3, 0.4) is 0 Å². The van der Waals surface area contributed by atoms with Gasteiger partial charge in [-0.15, -0.1) is 11.3 Å². The van der Waals surface area contributed by atoms with E-state index in [4.69, 9.17) is 0 Å². The van der Waals surface area contributed by atoms with Crippen molar-refractivity contribution in [3.63, 3.8) is 0 Å². The van der Waals surface area contributed by atoms with Crippen LogP contribution < -0.4 is 5.32 Å². The van der Waals surface area contributed by atoms with Crippen molar-refractivity contribution in [1.29, 1.82) is 0 Å². The highest BCUT2D eigenvalue weighted by Crippen LogP contribution is 2.21. The smallest absolute Gasteiger partial charge is 0.321 e. The van der Waals surface area contributed by atoms with Crippen LogP contribution in [0.2, 0.25) is 0 Å². The van der Waals surface area contributed by atoms with Gasteiger partial charge in [-0.25, -0.2) is 9.18 Å². The Labute approximate surface area is 123 Å². The molecule has 1 aromatic heterocycles. The van der Waals surface area contributed by atoms with Gasteiger partial charge in [-0.3, -0.25) is 0 Å². The van der Waals surface area contributed by atoms with E-state index in [9.17, 15) is 9.18 Å². The first kappa shape index (κ1) is 14.0. The number of halogens is 2. The molecule has 0 bridgehead atoms. The van der Waals surface area contributed by atoms with E-state index < -0.39 is 5.82 Å². The molecule has 2 aromatic rings. The van der Waals surface area contributed by atoms with Gasteiger partial charge in [-0.05, 0) is 45.1 Å². The molecule has 100 valence electrons. The van der Waals surface area contributed by atoms with Gasteiger partial charge in [0.15, 0.2) is 0 Å². The minimum Gasteiger partial charge on any atom is -0.323 e. The molecule has 2 amide bonds. The molecule has 1 aromatic carbocycles.